The third kappa shape index (κ3) is 4.01. The Morgan fingerprint density at radius 2 is 1.67 bits per heavy atom. The Balaban J connectivity index is 3.81. The fourth-order valence-corrected chi connectivity index (χ4v) is 1.06. The summed E-state index contributed by atoms with van der Waals surface area (Å²) in [6.07, 6.45) is 0.835. The van der Waals surface area contributed by atoms with Crippen molar-refractivity contribution in [2.75, 3.05) is 19.6 Å². The van der Waals surface area contributed by atoms with Crippen LogP contribution in [0.4, 0.5) is 0 Å². The molecule has 1 atom stereocenters. The van der Waals surface area contributed by atoms with Crippen molar-refractivity contribution in [3.8, 4) is 0 Å². The molecule has 4 heteroatoms. The van der Waals surface area contributed by atoms with E-state index in [1.807, 2.05) is 20.8 Å². The van der Waals surface area contributed by atoms with Gasteiger partial charge in [0.05, 0.1) is 0 Å². The first-order valence-corrected chi connectivity index (χ1v) is 4.54. The molecule has 0 aromatic heterocycles. The Labute approximate surface area is 74.3 Å². The van der Waals surface area contributed by atoms with Crippen molar-refractivity contribution in [1.29, 1.82) is 0 Å². The highest BCUT2D eigenvalue weighted by molar-refractivity contribution is 4.64. The molecule has 0 heterocycles. The van der Waals surface area contributed by atoms with E-state index in [2.05, 4.69) is 0 Å². The summed E-state index contributed by atoms with van der Waals surface area (Å²) < 4.78 is 0. The van der Waals surface area contributed by atoms with E-state index in [-0.39, 0.29) is 6.04 Å². The molecule has 0 radical (unpaired) electrons. The lowest BCUT2D eigenvalue weighted by Crippen LogP contribution is -2.40. The average molecular weight is 176 g/mol. The lowest BCUT2D eigenvalue weighted by Gasteiger charge is -2.26. The highest BCUT2D eigenvalue weighted by Crippen LogP contribution is 2.02. The maximum Gasteiger partial charge on any atom is 0.0497 e. The Kier molecular flexibility index (Phi) is 6.28. The molecule has 0 saturated heterocycles. The zero-order valence-electron chi connectivity index (χ0n) is 8.19. The van der Waals surface area contributed by atoms with Crippen molar-refractivity contribution in [1.82, 2.24) is 10.1 Å². The lowest BCUT2D eigenvalue weighted by atomic mass is 10.2. The molecular formula is C8H20N2O2. The highest BCUT2D eigenvalue weighted by atomic mass is 16.5. The van der Waals surface area contributed by atoms with Gasteiger partial charge in [-0.15, -0.1) is 0 Å². The maximum atomic E-state index is 9.36. The van der Waals surface area contributed by atoms with Crippen LogP contribution < -0.4 is 0 Å². The molecule has 0 aliphatic carbocycles. The van der Waals surface area contributed by atoms with Crippen LogP contribution in [0.15, 0.2) is 0 Å². The summed E-state index contributed by atoms with van der Waals surface area (Å²) in [4.78, 5) is 0. The van der Waals surface area contributed by atoms with E-state index in [0.29, 0.717) is 19.6 Å². The monoisotopic (exact) mass is 176 g/mol. The van der Waals surface area contributed by atoms with Crippen molar-refractivity contribution in [2.45, 2.75) is 33.2 Å². The second-order valence-electron chi connectivity index (χ2n) is 2.82. The van der Waals surface area contributed by atoms with Gasteiger partial charge < -0.3 is 10.4 Å². The number of hydrogen-bond acceptors (Lipinski definition) is 4. The van der Waals surface area contributed by atoms with Crippen LogP contribution in [0, 0.1) is 0 Å². The van der Waals surface area contributed by atoms with Crippen LogP contribution in [-0.4, -0.2) is 46.2 Å². The molecule has 0 aliphatic rings. The summed E-state index contributed by atoms with van der Waals surface area (Å²) in [5, 5.41) is 21.0. The molecule has 0 fully saturated rings. The molecule has 0 amide bonds. The number of hydrogen-bond donors (Lipinski definition) is 2. The largest absolute Gasteiger partial charge is 0.314 e. The van der Waals surface area contributed by atoms with Gasteiger partial charge in [0.2, 0.25) is 0 Å². The van der Waals surface area contributed by atoms with Crippen molar-refractivity contribution < 1.29 is 10.4 Å². The van der Waals surface area contributed by atoms with E-state index in [4.69, 9.17) is 0 Å². The summed E-state index contributed by atoms with van der Waals surface area (Å²) in [6.45, 7) is 7.44. The Hall–Kier alpha value is -0.160. The minimum atomic E-state index is 0.0277. The molecule has 0 bridgehead atoms. The Morgan fingerprint density at radius 1 is 1.08 bits per heavy atom. The van der Waals surface area contributed by atoms with Crippen molar-refractivity contribution in [3.05, 3.63) is 0 Å². The normalized spacial score (nSPS) is 14.2. The topological polar surface area (TPSA) is 46.9 Å². The van der Waals surface area contributed by atoms with E-state index in [0.717, 1.165) is 6.42 Å². The number of rotatable bonds is 6. The summed E-state index contributed by atoms with van der Waals surface area (Å²) in [5.41, 5.74) is 0. The first kappa shape index (κ1) is 11.8. The van der Waals surface area contributed by atoms with E-state index < -0.39 is 0 Å². The molecule has 4 nitrogen and oxygen atoms in total. The van der Waals surface area contributed by atoms with Gasteiger partial charge in [-0.25, -0.2) is 0 Å². The van der Waals surface area contributed by atoms with Crippen LogP contribution in [-0.2, 0) is 0 Å². The Morgan fingerprint density at radius 3 is 2.00 bits per heavy atom. The second kappa shape index (κ2) is 6.37. The molecule has 12 heavy (non-hydrogen) atoms. The number of hydroxylamine groups is 4. The molecule has 2 N–H and O–H groups in total. The molecule has 0 saturated carbocycles. The molecule has 0 aliphatic heterocycles. The molecular weight excluding hydrogens is 156 g/mol. The predicted octanol–water partition coefficient (Wildman–Crippen LogP) is 1.19. The molecule has 0 spiro atoms. The summed E-state index contributed by atoms with van der Waals surface area (Å²) in [7, 11) is 0. The van der Waals surface area contributed by atoms with Crippen molar-refractivity contribution in [2.24, 2.45) is 0 Å². The number of likely N-dealkylation sites (N-methyl/N-ethyl adjacent to an activating group) is 2. The number of nitrogens with zero attached hydrogens (tertiary/aromatic N) is 2. The fraction of sp³-hybridized carbons (Fsp3) is 1.00. The van der Waals surface area contributed by atoms with Crippen LogP contribution in [0.2, 0.25) is 0 Å². The van der Waals surface area contributed by atoms with E-state index in [1.165, 1.54) is 10.1 Å². The maximum absolute atomic E-state index is 9.36. The minimum Gasteiger partial charge on any atom is -0.314 e. The molecule has 74 valence electrons. The minimum absolute atomic E-state index is 0.0277. The highest BCUT2D eigenvalue weighted by Gasteiger charge is 2.14. The van der Waals surface area contributed by atoms with Crippen LogP contribution in [0.25, 0.3) is 0 Å². The second-order valence-corrected chi connectivity index (χ2v) is 2.82. The van der Waals surface area contributed by atoms with E-state index in [1.54, 1.807) is 0 Å². The van der Waals surface area contributed by atoms with Gasteiger partial charge in [-0.3, -0.25) is 0 Å². The van der Waals surface area contributed by atoms with Gasteiger partial charge in [0, 0.05) is 25.7 Å². The van der Waals surface area contributed by atoms with Gasteiger partial charge in [0.25, 0.3) is 0 Å². The van der Waals surface area contributed by atoms with Crippen LogP contribution in [0.5, 0.6) is 0 Å². The Bertz CT molecular complexity index is 111. The SMILES string of the molecule is CCC(CN(O)CC)N(O)CC. The molecule has 1 unspecified atom stereocenters. The third-order valence-electron chi connectivity index (χ3n) is 2.00. The van der Waals surface area contributed by atoms with Gasteiger partial charge in [0.1, 0.15) is 0 Å². The standard InChI is InChI=1S/C8H20N2O2/c1-4-8(10(12)6-3)7-9(11)5-2/h8,11-12H,4-7H2,1-3H3. The first-order chi connectivity index (χ1) is 5.65. The van der Waals surface area contributed by atoms with Crippen molar-refractivity contribution >= 4 is 0 Å². The van der Waals surface area contributed by atoms with Crippen LogP contribution in [0.1, 0.15) is 27.2 Å². The van der Waals surface area contributed by atoms with Crippen LogP contribution >= 0.6 is 0 Å². The first-order valence-electron chi connectivity index (χ1n) is 4.54. The zero-order chi connectivity index (χ0) is 9.56. The predicted molar refractivity (Wildman–Crippen MR) is 47.3 cm³/mol. The summed E-state index contributed by atoms with van der Waals surface area (Å²) in [5.74, 6) is 0. The van der Waals surface area contributed by atoms with E-state index >= 15 is 0 Å². The third-order valence-corrected chi connectivity index (χ3v) is 2.00. The average Bonchev–Trinajstić information content (AvgIpc) is 2.12. The summed E-state index contributed by atoms with van der Waals surface area (Å²) >= 11 is 0. The summed E-state index contributed by atoms with van der Waals surface area (Å²) in [6, 6.07) is 0.0277. The fourth-order valence-electron chi connectivity index (χ4n) is 1.06. The van der Waals surface area contributed by atoms with Gasteiger partial charge in [-0.2, -0.15) is 10.1 Å². The molecule has 0 rings (SSSR count). The molecule has 0 aromatic rings. The van der Waals surface area contributed by atoms with Gasteiger partial charge in [0.15, 0.2) is 0 Å². The molecule has 0 aromatic carbocycles. The van der Waals surface area contributed by atoms with Gasteiger partial charge in [-0.1, -0.05) is 20.8 Å². The van der Waals surface area contributed by atoms with Gasteiger partial charge in [-0.05, 0) is 6.42 Å². The lowest BCUT2D eigenvalue weighted by molar-refractivity contribution is -0.165. The van der Waals surface area contributed by atoms with Crippen molar-refractivity contribution in [3.63, 3.8) is 0 Å². The van der Waals surface area contributed by atoms with E-state index in [9.17, 15) is 10.4 Å². The smallest absolute Gasteiger partial charge is 0.0497 e. The van der Waals surface area contributed by atoms with Gasteiger partial charge >= 0.3 is 0 Å². The van der Waals surface area contributed by atoms with Crippen LogP contribution in [0.3, 0.4) is 0 Å². The quantitative estimate of drug-likeness (QED) is 0.597. The zero-order valence-corrected chi connectivity index (χ0v) is 8.19.